The molecule has 3 N–H and O–H groups in total. The zero-order valence-electron chi connectivity index (χ0n) is 10.3. The third kappa shape index (κ3) is 2.47. The summed E-state index contributed by atoms with van der Waals surface area (Å²) in [4.78, 5) is 11.4. The molecule has 2 amide bonds. The molecule has 0 spiro atoms. The van der Waals surface area contributed by atoms with Crippen LogP contribution in [0.15, 0.2) is 24.3 Å². The predicted octanol–water partition coefficient (Wildman–Crippen LogP) is 0.242. The summed E-state index contributed by atoms with van der Waals surface area (Å²) in [6, 6.07) is 6.96. The highest BCUT2D eigenvalue weighted by Crippen LogP contribution is 2.27. The maximum absolute atomic E-state index is 11.4. The number of hydrogen-bond acceptors (Lipinski definition) is 5. The van der Waals surface area contributed by atoms with Gasteiger partial charge in [0.25, 0.3) is 0 Å². The van der Waals surface area contributed by atoms with E-state index in [0.29, 0.717) is 11.4 Å². The zero-order valence-corrected chi connectivity index (χ0v) is 10.3. The number of carbonyl (C=O) groups is 1. The Kier molecular flexibility index (Phi) is 3.54. The normalized spacial score (nSPS) is 16.7. The summed E-state index contributed by atoms with van der Waals surface area (Å²) in [6.45, 7) is 1.69. The van der Waals surface area contributed by atoms with Gasteiger partial charge in [-0.05, 0) is 19.1 Å². The largest absolute Gasteiger partial charge is 0.486 e. The van der Waals surface area contributed by atoms with Gasteiger partial charge in [-0.1, -0.05) is 12.1 Å². The Hall–Kier alpha value is -1.99. The van der Waals surface area contributed by atoms with Gasteiger partial charge in [0.05, 0.1) is 6.61 Å². The number of nitrogens with one attached hydrogen (secondary N) is 2. The Labute approximate surface area is 105 Å². The molecule has 7 nitrogen and oxygen atoms in total. The quantitative estimate of drug-likeness (QED) is 0.715. The lowest BCUT2D eigenvalue weighted by Gasteiger charge is -2.21. The summed E-state index contributed by atoms with van der Waals surface area (Å²) in [5.74, 6) is 0.571. The number of hydrogen-bond donors (Lipinski definition) is 3. The van der Waals surface area contributed by atoms with E-state index in [-0.39, 0.29) is 18.7 Å². The van der Waals surface area contributed by atoms with Crippen LogP contribution in [0.1, 0.15) is 6.92 Å². The number of urea groups is 1. The Morgan fingerprint density at radius 3 is 2.78 bits per heavy atom. The molecule has 1 fully saturated rings. The molecule has 1 aromatic rings. The minimum atomic E-state index is -0.317. The van der Waals surface area contributed by atoms with Gasteiger partial charge in [-0.3, -0.25) is 0 Å². The fourth-order valence-electron chi connectivity index (χ4n) is 1.50. The van der Waals surface area contributed by atoms with Crippen molar-refractivity contribution in [1.82, 2.24) is 16.0 Å². The number of hydrazine groups is 3. The third-order valence-corrected chi connectivity index (χ3v) is 2.45. The number of amides is 2. The Morgan fingerprint density at radius 1 is 1.44 bits per heavy atom. The minimum absolute atomic E-state index is 0.0754. The van der Waals surface area contributed by atoms with E-state index in [2.05, 4.69) is 11.0 Å². The molecule has 7 heteroatoms. The molecule has 1 atom stereocenters. The highest BCUT2D eigenvalue weighted by molar-refractivity contribution is 5.78. The van der Waals surface area contributed by atoms with Crippen LogP contribution >= 0.6 is 0 Å². The Bertz CT molecular complexity index is 440. The van der Waals surface area contributed by atoms with E-state index in [4.69, 9.17) is 9.84 Å². The van der Waals surface area contributed by atoms with Gasteiger partial charge in [-0.25, -0.2) is 15.2 Å². The van der Waals surface area contributed by atoms with Crippen molar-refractivity contribution in [2.75, 3.05) is 18.8 Å². The molecule has 2 rings (SSSR count). The van der Waals surface area contributed by atoms with Crippen molar-refractivity contribution in [2.45, 2.75) is 13.0 Å². The van der Waals surface area contributed by atoms with Gasteiger partial charge < -0.3 is 9.84 Å². The van der Waals surface area contributed by atoms with E-state index in [1.54, 1.807) is 26.1 Å². The lowest BCUT2D eigenvalue weighted by atomic mass is 10.3. The van der Waals surface area contributed by atoms with Crippen LogP contribution < -0.4 is 20.8 Å². The molecule has 0 aromatic heterocycles. The number of ether oxygens (including phenoxy) is 1. The van der Waals surface area contributed by atoms with Crippen LogP contribution in [-0.2, 0) is 0 Å². The van der Waals surface area contributed by atoms with Crippen molar-refractivity contribution in [3.63, 3.8) is 0 Å². The number of aliphatic hydroxyl groups is 1. The van der Waals surface area contributed by atoms with Crippen LogP contribution in [0.5, 0.6) is 5.75 Å². The Morgan fingerprint density at radius 2 is 2.17 bits per heavy atom. The number of nitrogens with zero attached hydrogens (tertiary/aromatic N) is 2. The molecule has 1 saturated heterocycles. The average molecular weight is 252 g/mol. The van der Waals surface area contributed by atoms with Crippen LogP contribution in [0, 0.1) is 0 Å². The van der Waals surface area contributed by atoms with Crippen molar-refractivity contribution in [3.8, 4) is 5.75 Å². The lowest BCUT2D eigenvalue weighted by molar-refractivity contribution is 0.130. The van der Waals surface area contributed by atoms with E-state index in [0.717, 1.165) is 0 Å². The summed E-state index contributed by atoms with van der Waals surface area (Å²) in [7, 11) is 1.61. The molecule has 0 radical (unpaired) electrons. The first-order chi connectivity index (χ1) is 8.61. The summed E-state index contributed by atoms with van der Waals surface area (Å²) >= 11 is 0. The number of rotatable bonds is 4. The highest BCUT2D eigenvalue weighted by atomic mass is 16.5. The topological polar surface area (TPSA) is 77.1 Å². The molecule has 0 aliphatic carbocycles. The summed E-state index contributed by atoms with van der Waals surface area (Å²) in [6.07, 6.45) is -0.317. The van der Waals surface area contributed by atoms with E-state index < -0.39 is 0 Å². The molecule has 1 heterocycles. The highest BCUT2D eigenvalue weighted by Gasteiger charge is 2.25. The van der Waals surface area contributed by atoms with Crippen molar-refractivity contribution < 1.29 is 14.6 Å². The van der Waals surface area contributed by atoms with Gasteiger partial charge in [0.2, 0.25) is 0 Å². The first kappa shape index (κ1) is 12.5. The van der Waals surface area contributed by atoms with Gasteiger partial charge in [0, 0.05) is 7.05 Å². The fraction of sp³-hybridized carbons (Fsp3) is 0.364. The first-order valence-electron chi connectivity index (χ1n) is 5.59. The van der Waals surface area contributed by atoms with E-state index in [9.17, 15) is 4.79 Å². The second kappa shape index (κ2) is 5.11. The molecule has 0 unspecified atom stereocenters. The zero-order chi connectivity index (χ0) is 13.1. The molecular weight excluding hydrogens is 236 g/mol. The van der Waals surface area contributed by atoms with Gasteiger partial charge in [0.1, 0.15) is 17.5 Å². The average Bonchev–Trinajstić information content (AvgIpc) is 2.70. The summed E-state index contributed by atoms with van der Waals surface area (Å²) in [5.41, 5.74) is 6.10. The molecule has 1 aliphatic heterocycles. The number of anilines is 1. The standard InChI is InChI=1S/C11H16N4O3/c1-8(7-16)18-10-6-4-3-5-9(10)15-12-11(17)14(2)13-15/h3-6,8,13,16H,7H2,1-2H3,(H,12,17)/t8-/m0/s1. The molecule has 0 bridgehead atoms. The van der Waals surface area contributed by atoms with Gasteiger partial charge in [0.15, 0.2) is 0 Å². The smallest absolute Gasteiger partial charge is 0.352 e. The van der Waals surface area contributed by atoms with Crippen molar-refractivity contribution >= 4 is 11.7 Å². The van der Waals surface area contributed by atoms with Gasteiger partial charge in [-0.2, -0.15) is 5.12 Å². The van der Waals surface area contributed by atoms with Crippen LogP contribution in [-0.4, -0.2) is 35.9 Å². The van der Waals surface area contributed by atoms with Crippen LogP contribution in [0.25, 0.3) is 0 Å². The van der Waals surface area contributed by atoms with E-state index in [1.165, 1.54) is 10.1 Å². The SMILES string of the molecule is C[C@@H](CO)Oc1ccccc1N1NC(=O)N(C)N1. The van der Waals surface area contributed by atoms with Gasteiger partial charge in [-0.15, -0.1) is 5.53 Å². The number of benzene rings is 1. The predicted molar refractivity (Wildman–Crippen MR) is 65.5 cm³/mol. The molecular formula is C11H16N4O3. The molecule has 0 saturated carbocycles. The maximum Gasteiger partial charge on any atom is 0.352 e. The maximum atomic E-state index is 11.4. The lowest BCUT2D eigenvalue weighted by Crippen LogP contribution is -2.41. The first-order valence-corrected chi connectivity index (χ1v) is 5.59. The van der Waals surface area contributed by atoms with Crippen LogP contribution in [0.3, 0.4) is 0 Å². The molecule has 18 heavy (non-hydrogen) atoms. The number of carbonyl (C=O) groups excluding carboxylic acids is 1. The molecule has 1 aromatic carbocycles. The molecule has 98 valence electrons. The second-order valence-electron chi connectivity index (χ2n) is 3.99. The molecule has 1 aliphatic rings. The number of aliphatic hydroxyl groups excluding tert-OH is 1. The van der Waals surface area contributed by atoms with E-state index in [1.807, 2.05) is 12.1 Å². The summed E-state index contributed by atoms with van der Waals surface area (Å²) in [5, 5.41) is 11.8. The second-order valence-corrected chi connectivity index (χ2v) is 3.99. The van der Waals surface area contributed by atoms with Crippen molar-refractivity contribution in [2.24, 2.45) is 0 Å². The monoisotopic (exact) mass is 252 g/mol. The fourth-order valence-corrected chi connectivity index (χ4v) is 1.50. The summed E-state index contributed by atoms with van der Waals surface area (Å²) < 4.78 is 5.58. The Balaban J connectivity index is 2.20. The number of para-hydroxylation sites is 2. The van der Waals surface area contributed by atoms with Crippen LogP contribution in [0.4, 0.5) is 10.5 Å². The van der Waals surface area contributed by atoms with E-state index >= 15 is 0 Å². The third-order valence-electron chi connectivity index (χ3n) is 2.45. The van der Waals surface area contributed by atoms with Crippen LogP contribution in [0.2, 0.25) is 0 Å². The van der Waals surface area contributed by atoms with Gasteiger partial charge >= 0.3 is 6.03 Å². The van der Waals surface area contributed by atoms with Crippen molar-refractivity contribution in [3.05, 3.63) is 24.3 Å². The minimum Gasteiger partial charge on any atom is -0.486 e. The van der Waals surface area contributed by atoms with Crippen molar-refractivity contribution in [1.29, 1.82) is 0 Å².